The van der Waals surface area contributed by atoms with Gasteiger partial charge in [-0.15, -0.1) is 5.10 Å². The predicted molar refractivity (Wildman–Crippen MR) is 174 cm³/mol. The van der Waals surface area contributed by atoms with Gasteiger partial charge in [-0.3, -0.25) is 9.59 Å². The average Bonchev–Trinajstić information content (AvgIpc) is 3.46. The number of ether oxygens (including phenoxy) is 1. The molecule has 1 aliphatic rings. The highest BCUT2D eigenvalue weighted by Gasteiger charge is 2.29. The van der Waals surface area contributed by atoms with Crippen LogP contribution in [-0.4, -0.2) is 38.8 Å². The Labute approximate surface area is 264 Å². The molecule has 234 valence electrons. The number of carbonyl (C=O) groups excluding carboxylic acids is 3. The molecule has 45 heavy (non-hydrogen) atoms. The van der Waals surface area contributed by atoms with E-state index in [1.54, 1.807) is 11.8 Å². The Morgan fingerprint density at radius 3 is 2.36 bits per heavy atom. The van der Waals surface area contributed by atoms with Crippen molar-refractivity contribution >= 4 is 23.5 Å². The molecule has 0 saturated carbocycles. The Hall–Kier alpha value is -4.79. The van der Waals surface area contributed by atoms with Gasteiger partial charge in [0.1, 0.15) is 18.3 Å². The predicted octanol–water partition coefficient (Wildman–Crippen LogP) is 6.31. The zero-order chi connectivity index (χ0) is 31.8. The molecule has 0 spiro atoms. The highest BCUT2D eigenvalue weighted by atomic mass is 16.5. The summed E-state index contributed by atoms with van der Waals surface area (Å²) in [5.74, 6) is -0.461. The van der Waals surface area contributed by atoms with Crippen LogP contribution in [-0.2, 0) is 38.8 Å². The van der Waals surface area contributed by atoms with E-state index in [4.69, 9.17) is 4.74 Å². The van der Waals surface area contributed by atoms with E-state index in [0.29, 0.717) is 12.5 Å². The van der Waals surface area contributed by atoms with Gasteiger partial charge < -0.3 is 15.0 Å². The molecule has 1 unspecified atom stereocenters. The van der Waals surface area contributed by atoms with Crippen LogP contribution in [0.1, 0.15) is 64.0 Å². The van der Waals surface area contributed by atoms with Crippen molar-refractivity contribution in [1.82, 2.24) is 20.3 Å². The van der Waals surface area contributed by atoms with E-state index in [1.165, 1.54) is 6.42 Å². The minimum absolute atomic E-state index is 0.0243. The van der Waals surface area contributed by atoms with Crippen molar-refractivity contribution in [2.24, 2.45) is 5.92 Å². The van der Waals surface area contributed by atoms with E-state index in [1.807, 2.05) is 77.5 Å². The van der Waals surface area contributed by atoms with E-state index in [0.717, 1.165) is 58.7 Å². The molecule has 1 aliphatic heterocycles. The molecule has 0 bridgehead atoms. The van der Waals surface area contributed by atoms with E-state index >= 15 is 0 Å². The molecule has 9 nitrogen and oxygen atoms in total. The highest BCUT2D eigenvalue weighted by Crippen LogP contribution is 2.41. The van der Waals surface area contributed by atoms with Gasteiger partial charge in [-0.2, -0.15) is 0 Å². The lowest BCUT2D eigenvalue weighted by Crippen LogP contribution is -2.40. The first-order valence-electron chi connectivity index (χ1n) is 15.7. The number of anilines is 1. The summed E-state index contributed by atoms with van der Waals surface area (Å²) in [7, 11) is 0. The summed E-state index contributed by atoms with van der Waals surface area (Å²) in [6, 6.07) is 24.3. The molecule has 1 N–H and O–H groups in total. The van der Waals surface area contributed by atoms with E-state index < -0.39 is 17.9 Å². The highest BCUT2D eigenvalue weighted by molar-refractivity contribution is 6.01. The second kappa shape index (κ2) is 14.8. The number of aromatic nitrogens is 3. The molecule has 0 fully saturated rings. The van der Waals surface area contributed by atoms with Gasteiger partial charge in [0, 0.05) is 30.5 Å². The first kappa shape index (κ1) is 31.6. The smallest absolute Gasteiger partial charge is 0.328 e. The molecule has 1 aromatic heterocycles. The molecule has 0 radical (unpaired) electrons. The molecule has 4 aromatic rings. The normalized spacial score (nSPS) is 12.8. The lowest BCUT2D eigenvalue weighted by molar-refractivity contribution is -0.148. The third-order valence-corrected chi connectivity index (χ3v) is 8.01. The summed E-state index contributed by atoms with van der Waals surface area (Å²) >= 11 is 0. The minimum atomic E-state index is -0.836. The monoisotopic (exact) mass is 607 g/mol. The number of aryl methyl sites for hydroxylation is 1. The summed E-state index contributed by atoms with van der Waals surface area (Å²) < 4.78 is 7.33. The number of amides is 2. The van der Waals surface area contributed by atoms with Crippen LogP contribution in [0.3, 0.4) is 0 Å². The zero-order valence-electron chi connectivity index (χ0n) is 26.2. The van der Waals surface area contributed by atoms with E-state index in [9.17, 15) is 14.4 Å². The fourth-order valence-electron chi connectivity index (χ4n) is 5.59. The number of benzene rings is 3. The van der Waals surface area contributed by atoms with Crippen LogP contribution in [0.5, 0.6) is 0 Å². The first-order valence-corrected chi connectivity index (χ1v) is 15.7. The summed E-state index contributed by atoms with van der Waals surface area (Å²) in [5, 5.41) is 11.9. The summed E-state index contributed by atoms with van der Waals surface area (Å²) in [5.41, 5.74) is 6.08. The summed E-state index contributed by atoms with van der Waals surface area (Å²) in [6.07, 6.45) is 3.21. The SMILES string of the molecule is CC(C)CCCCn1nnc2c1-c1ccccc1CN(C(=O)CCC(=O)NC(C)C(=O)OCc1ccccc1)c1ccccc1-2. The van der Waals surface area contributed by atoms with Crippen LogP contribution < -0.4 is 10.2 Å². The Bertz CT molecular complexity index is 1630. The van der Waals surface area contributed by atoms with Gasteiger partial charge in [-0.05, 0) is 36.5 Å². The van der Waals surface area contributed by atoms with Crippen molar-refractivity contribution in [2.75, 3.05) is 4.90 Å². The molecule has 1 atom stereocenters. The topological polar surface area (TPSA) is 106 Å². The van der Waals surface area contributed by atoms with Crippen LogP contribution in [0.15, 0.2) is 78.9 Å². The lowest BCUT2D eigenvalue weighted by Gasteiger charge is -2.28. The van der Waals surface area contributed by atoms with Gasteiger partial charge in [0.2, 0.25) is 11.8 Å². The number of fused-ring (bicyclic) bond motifs is 5. The number of para-hydroxylation sites is 1. The lowest BCUT2D eigenvalue weighted by atomic mass is 9.95. The fraction of sp³-hybridized carbons (Fsp3) is 0.361. The maximum absolute atomic E-state index is 13.8. The molecular weight excluding hydrogens is 566 g/mol. The Kier molecular flexibility index (Phi) is 10.4. The number of nitrogens with one attached hydrogen (secondary N) is 1. The van der Waals surface area contributed by atoms with Crippen LogP contribution in [0.4, 0.5) is 5.69 Å². The van der Waals surface area contributed by atoms with Crippen LogP contribution in [0, 0.1) is 5.92 Å². The quantitative estimate of drug-likeness (QED) is 0.149. The number of carbonyl (C=O) groups is 3. The largest absolute Gasteiger partial charge is 0.459 e. The van der Waals surface area contributed by atoms with Crippen molar-refractivity contribution in [2.45, 2.75) is 78.6 Å². The average molecular weight is 608 g/mol. The molecule has 2 amide bonds. The summed E-state index contributed by atoms with van der Waals surface area (Å²) in [4.78, 5) is 40.7. The zero-order valence-corrected chi connectivity index (χ0v) is 26.2. The number of nitrogens with zero attached hydrogens (tertiary/aromatic N) is 4. The standard InChI is InChI=1S/C36H41N5O4/c1-25(2)13-11-12-22-41-35-29-17-8-7-16-28(29)23-40(31-19-10-9-18-30(31)34(35)38-39-41)33(43)21-20-32(42)37-26(3)36(44)45-24-27-14-5-4-6-15-27/h4-10,14-19,25-26H,11-13,20-24H2,1-3H3,(H,37,42). The van der Waals surface area contributed by atoms with Crippen LogP contribution in [0.25, 0.3) is 22.5 Å². The van der Waals surface area contributed by atoms with Gasteiger partial charge >= 0.3 is 5.97 Å². The Morgan fingerprint density at radius 2 is 1.58 bits per heavy atom. The summed E-state index contributed by atoms with van der Waals surface area (Å²) in [6.45, 7) is 7.29. The number of unbranched alkanes of at least 4 members (excludes halogenated alkanes) is 1. The van der Waals surface area contributed by atoms with Gasteiger partial charge in [0.05, 0.1) is 17.9 Å². The van der Waals surface area contributed by atoms with Crippen molar-refractivity contribution in [3.8, 4) is 22.5 Å². The molecule has 0 aliphatic carbocycles. The minimum Gasteiger partial charge on any atom is -0.459 e. The van der Waals surface area contributed by atoms with Crippen molar-refractivity contribution in [3.05, 3.63) is 90.0 Å². The van der Waals surface area contributed by atoms with E-state index in [-0.39, 0.29) is 25.4 Å². The molecule has 9 heteroatoms. The number of rotatable bonds is 12. The van der Waals surface area contributed by atoms with Gasteiger partial charge in [0.25, 0.3) is 0 Å². The van der Waals surface area contributed by atoms with Crippen molar-refractivity contribution in [1.29, 1.82) is 0 Å². The van der Waals surface area contributed by atoms with E-state index in [2.05, 4.69) is 35.5 Å². The van der Waals surface area contributed by atoms with Gasteiger partial charge in [-0.1, -0.05) is 105 Å². The third-order valence-electron chi connectivity index (χ3n) is 8.01. The molecule has 5 rings (SSSR count). The van der Waals surface area contributed by atoms with Crippen LogP contribution in [0.2, 0.25) is 0 Å². The van der Waals surface area contributed by atoms with Gasteiger partial charge in [-0.25, -0.2) is 9.48 Å². The Balaban J connectivity index is 1.30. The number of esters is 1. The molecular formula is C36H41N5O4. The number of hydrogen-bond donors (Lipinski definition) is 1. The fourth-order valence-corrected chi connectivity index (χ4v) is 5.59. The second-order valence-electron chi connectivity index (χ2n) is 11.9. The third kappa shape index (κ3) is 7.84. The molecule has 3 aromatic carbocycles. The first-order chi connectivity index (χ1) is 21.8. The van der Waals surface area contributed by atoms with Crippen molar-refractivity contribution in [3.63, 3.8) is 0 Å². The Morgan fingerprint density at radius 1 is 0.867 bits per heavy atom. The number of hydrogen-bond acceptors (Lipinski definition) is 6. The maximum Gasteiger partial charge on any atom is 0.328 e. The van der Waals surface area contributed by atoms with Crippen LogP contribution >= 0.6 is 0 Å². The van der Waals surface area contributed by atoms with Gasteiger partial charge in [0.15, 0.2) is 0 Å². The second-order valence-corrected chi connectivity index (χ2v) is 11.9. The maximum atomic E-state index is 13.8. The van der Waals surface area contributed by atoms with Crippen molar-refractivity contribution < 1.29 is 19.1 Å². The molecule has 2 heterocycles. The molecule has 0 saturated heterocycles.